The summed E-state index contributed by atoms with van der Waals surface area (Å²) in [5.41, 5.74) is 1.15. The molecular formula is C17H23N3O3. The molecule has 0 saturated carbocycles. The summed E-state index contributed by atoms with van der Waals surface area (Å²) in [5.74, 6) is -1.69. The average molecular weight is 317 g/mol. The molecule has 0 unspecified atom stereocenters. The number of Topliss-reactive ketones (excluding diaryl/α,β-unsaturated/α-hetero) is 1. The number of nitrogens with one attached hydrogen (secondary N) is 1. The van der Waals surface area contributed by atoms with Gasteiger partial charge in [-0.25, -0.2) is 0 Å². The summed E-state index contributed by atoms with van der Waals surface area (Å²) in [6.45, 7) is 5.94. The molecule has 0 spiro atoms. The highest BCUT2D eigenvalue weighted by atomic mass is 16.2. The third-order valence-corrected chi connectivity index (χ3v) is 3.90. The number of para-hydroxylation sites is 1. The first-order valence-corrected chi connectivity index (χ1v) is 7.89. The molecule has 6 nitrogen and oxygen atoms in total. The molecule has 23 heavy (non-hydrogen) atoms. The number of hydrogen-bond donors (Lipinski definition) is 1. The lowest BCUT2D eigenvalue weighted by atomic mass is 10.1. The molecule has 1 aliphatic heterocycles. The molecule has 1 saturated heterocycles. The predicted octanol–water partition coefficient (Wildman–Crippen LogP) is 0.676. The lowest BCUT2D eigenvalue weighted by Crippen LogP contribution is -2.51. The van der Waals surface area contributed by atoms with Crippen LogP contribution in [-0.2, 0) is 14.4 Å². The largest absolute Gasteiger partial charge is 0.368 e. The maximum Gasteiger partial charge on any atom is 0.288 e. The summed E-state index contributed by atoms with van der Waals surface area (Å²) < 4.78 is 0. The Kier molecular flexibility index (Phi) is 5.73. The predicted molar refractivity (Wildman–Crippen MR) is 88.1 cm³/mol. The lowest BCUT2D eigenvalue weighted by Gasteiger charge is -2.36. The Morgan fingerprint density at radius 1 is 1.04 bits per heavy atom. The number of piperazine rings is 1. The maximum atomic E-state index is 12.1. The van der Waals surface area contributed by atoms with Gasteiger partial charge in [0.05, 0.1) is 6.54 Å². The monoisotopic (exact) mass is 317 g/mol. The van der Waals surface area contributed by atoms with Crippen LogP contribution in [0.25, 0.3) is 0 Å². The molecule has 124 valence electrons. The molecule has 2 amide bonds. The molecule has 1 fully saturated rings. The van der Waals surface area contributed by atoms with E-state index in [1.807, 2.05) is 18.2 Å². The SMILES string of the molecule is CC(C)C(=O)C(=O)NCC(=O)N1CCN(c2ccccc2)CC1. The molecule has 0 atom stereocenters. The fraction of sp³-hybridized carbons (Fsp3) is 0.471. The van der Waals surface area contributed by atoms with Crippen LogP contribution in [0.1, 0.15) is 13.8 Å². The minimum Gasteiger partial charge on any atom is -0.368 e. The van der Waals surface area contributed by atoms with Gasteiger partial charge in [-0.1, -0.05) is 32.0 Å². The van der Waals surface area contributed by atoms with Crippen LogP contribution < -0.4 is 10.2 Å². The number of hydrogen-bond acceptors (Lipinski definition) is 4. The minimum atomic E-state index is -0.684. The first kappa shape index (κ1) is 17.0. The molecule has 1 aromatic carbocycles. The van der Waals surface area contributed by atoms with Crippen molar-refractivity contribution in [1.82, 2.24) is 10.2 Å². The van der Waals surface area contributed by atoms with E-state index < -0.39 is 11.7 Å². The van der Waals surface area contributed by atoms with E-state index in [0.717, 1.165) is 18.8 Å². The van der Waals surface area contributed by atoms with Crippen molar-refractivity contribution in [2.75, 3.05) is 37.6 Å². The van der Waals surface area contributed by atoms with E-state index in [4.69, 9.17) is 0 Å². The number of anilines is 1. The maximum absolute atomic E-state index is 12.1. The average Bonchev–Trinajstić information content (AvgIpc) is 2.59. The van der Waals surface area contributed by atoms with Gasteiger partial charge in [0.15, 0.2) is 0 Å². The molecule has 0 bridgehead atoms. The normalized spacial score (nSPS) is 14.7. The van der Waals surface area contributed by atoms with Gasteiger partial charge in [0, 0.05) is 37.8 Å². The standard InChI is InChI=1S/C17H23N3O3/c1-13(2)16(22)17(23)18-12-15(21)20-10-8-19(9-11-20)14-6-4-3-5-7-14/h3-7,13H,8-12H2,1-2H3,(H,18,23). The van der Waals surface area contributed by atoms with Gasteiger partial charge >= 0.3 is 0 Å². The van der Waals surface area contributed by atoms with Crippen molar-refractivity contribution in [3.63, 3.8) is 0 Å². The number of benzene rings is 1. The molecule has 1 N–H and O–H groups in total. The van der Waals surface area contributed by atoms with Crippen molar-refractivity contribution in [2.24, 2.45) is 5.92 Å². The Hall–Kier alpha value is -2.37. The second-order valence-corrected chi connectivity index (χ2v) is 5.91. The Bertz CT molecular complexity index is 564. The zero-order chi connectivity index (χ0) is 16.8. The second kappa shape index (κ2) is 7.76. The molecule has 1 heterocycles. The first-order valence-electron chi connectivity index (χ1n) is 7.89. The van der Waals surface area contributed by atoms with Gasteiger partial charge in [0.2, 0.25) is 11.7 Å². The third-order valence-electron chi connectivity index (χ3n) is 3.90. The Morgan fingerprint density at radius 2 is 1.65 bits per heavy atom. The van der Waals surface area contributed by atoms with Crippen LogP contribution in [0.2, 0.25) is 0 Å². The molecule has 2 rings (SSSR count). The van der Waals surface area contributed by atoms with Gasteiger partial charge < -0.3 is 15.1 Å². The summed E-state index contributed by atoms with van der Waals surface area (Å²) in [6, 6.07) is 10.1. The quantitative estimate of drug-likeness (QED) is 0.811. The third kappa shape index (κ3) is 4.55. The van der Waals surface area contributed by atoms with E-state index in [2.05, 4.69) is 22.3 Å². The van der Waals surface area contributed by atoms with Crippen molar-refractivity contribution in [2.45, 2.75) is 13.8 Å². The van der Waals surface area contributed by atoms with Crippen molar-refractivity contribution >= 4 is 23.3 Å². The van der Waals surface area contributed by atoms with E-state index >= 15 is 0 Å². The number of amides is 2. The second-order valence-electron chi connectivity index (χ2n) is 5.91. The molecule has 1 aromatic rings. The molecule has 1 aliphatic rings. The highest BCUT2D eigenvalue weighted by Gasteiger charge is 2.23. The van der Waals surface area contributed by atoms with Crippen LogP contribution in [0.5, 0.6) is 0 Å². The van der Waals surface area contributed by atoms with Crippen LogP contribution in [0.3, 0.4) is 0 Å². The first-order chi connectivity index (χ1) is 11.0. The van der Waals surface area contributed by atoms with Crippen LogP contribution in [-0.4, -0.2) is 55.2 Å². The summed E-state index contributed by atoms with van der Waals surface area (Å²) in [5, 5.41) is 2.41. The van der Waals surface area contributed by atoms with Gasteiger partial charge in [-0.15, -0.1) is 0 Å². The van der Waals surface area contributed by atoms with Gasteiger partial charge in [0.25, 0.3) is 5.91 Å². The van der Waals surface area contributed by atoms with E-state index in [0.29, 0.717) is 13.1 Å². The Balaban J connectivity index is 1.78. The molecular weight excluding hydrogens is 294 g/mol. The Labute approximate surface area is 136 Å². The molecule has 0 radical (unpaired) electrons. The lowest BCUT2D eigenvalue weighted by molar-refractivity contribution is -0.141. The number of rotatable bonds is 5. The van der Waals surface area contributed by atoms with Gasteiger partial charge in [0.1, 0.15) is 0 Å². The number of carbonyl (C=O) groups is 3. The highest BCUT2D eigenvalue weighted by Crippen LogP contribution is 2.15. The van der Waals surface area contributed by atoms with E-state index in [-0.39, 0.29) is 18.4 Å². The molecule has 0 aromatic heterocycles. The van der Waals surface area contributed by atoms with E-state index in [9.17, 15) is 14.4 Å². The zero-order valence-electron chi connectivity index (χ0n) is 13.6. The smallest absolute Gasteiger partial charge is 0.288 e. The van der Waals surface area contributed by atoms with Crippen molar-refractivity contribution in [3.8, 4) is 0 Å². The number of carbonyl (C=O) groups excluding carboxylic acids is 3. The van der Waals surface area contributed by atoms with Gasteiger partial charge in [-0.2, -0.15) is 0 Å². The minimum absolute atomic E-state index is 0.122. The fourth-order valence-electron chi connectivity index (χ4n) is 2.47. The number of ketones is 1. The summed E-state index contributed by atoms with van der Waals surface area (Å²) in [4.78, 5) is 39.1. The van der Waals surface area contributed by atoms with Crippen LogP contribution in [0.4, 0.5) is 5.69 Å². The van der Waals surface area contributed by atoms with E-state index in [1.54, 1.807) is 18.7 Å². The van der Waals surface area contributed by atoms with E-state index in [1.165, 1.54) is 0 Å². The fourth-order valence-corrected chi connectivity index (χ4v) is 2.47. The highest BCUT2D eigenvalue weighted by molar-refractivity contribution is 6.37. The summed E-state index contributed by atoms with van der Waals surface area (Å²) in [7, 11) is 0. The van der Waals surface area contributed by atoms with Crippen LogP contribution in [0, 0.1) is 5.92 Å². The number of nitrogens with zero attached hydrogens (tertiary/aromatic N) is 2. The summed E-state index contributed by atoms with van der Waals surface area (Å²) in [6.07, 6.45) is 0. The van der Waals surface area contributed by atoms with Crippen molar-refractivity contribution in [3.05, 3.63) is 30.3 Å². The topological polar surface area (TPSA) is 69.7 Å². The summed E-state index contributed by atoms with van der Waals surface area (Å²) >= 11 is 0. The zero-order valence-corrected chi connectivity index (χ0v) is 13.6. The molecule has 6 heteroatoms. The van der Waals surface area contributed by atoms with Gasteiger partial charge in [-0.05, 0) is 12.1 Å². The Morgan fingerprint density at radius 3 is 2.22 bits per heavy atom. The van der Waals surface area contributed by atoms with Crippen LogP contribution >= 0.6 is 0 Å². The van der Waals surface area contributed by atoms with Crippen LogP contribution in [0.15, 0.2) is 30.3 Å². The van der Waals surface area contributed by atoms with Crippen molar-refractivity contribution in [1.29, 1.82) is 0 Å². The molecule has 0 aliphatic carbocycles. The van der Waals surface area contributed by atoms with Crippen molar-refractivity contribution < 1.29 is 14.4 Å². The van der Waals surface area contributed by atoms with Gasteiger partial charge in [-0.3, -0.25) is 14.4 Å².